The molecule has 17 nitrogen and oxygen atoms in total. The Bertz CT molecular complexity index is 1890. The second kappa shape index (κ2) is 18.9. The molecule has 0 bridgehead atoms. The number of nitrogens with zero attached hydrogens (tertiary/aromatic N) is 4. The largest absolute Gasteiger partial charge is 0.458 e. The van der Waals surface area contributed by atoms with E-state index in [-0.39, 0.29) is 49.1 Å². The van der Waals surface area contributed by atoms with Gasteiger partial charge in [0.2, 0.25) is 5.82 Å². The van der Waals surface area contributed by atoms with Crippen molar-refractivity contribution in [2.75, 3.05) is 21.2 Å². The summed E-state index contributed by atoms with van der Waals surface area (Å²) in [4.78, 5) is 68.6. The summed E-state index contributed by atoms with van der Waals surface area (Å²) in [5, 5.41) is 20.0. The Morgan fingerprint density at radius 1 is 1.03 bits per heavy atom. The van der Waals surface area contributed by atoms with Crippen molar-refractivity contribution >= 4 is 40.9 Å². The molecule has 0 radical (unpaired) electrons. The molecule has 4 heterocycles. The molecule has 60 heavy (non-hydrogen) atoms. The van der Waals surface area contributed by atoms with Crippen LogP contribution in [0.15, 0.2) is 33.9 Å². The average Bonchev–Trinajstić information content (AvgIpc) is 3.79. The van der Waals surface area contributed by atoms with Crippen molar-refractivity contribution in [2.45, 2.75) is 129 Å². The van der Waals surface area contributed by atoms with Gasteiger partial charge in [0.25, 0.3) is 5.89 Å². The molecule has 0 aliphatic carbocycles. The molecule has 332 valence electrons. The summed E-state index contributed by atoms with van der Waals surface area (Å²) in [7, 11) is 5.15. The van der Waals surface area contributed by atoms with Gasteiger partial charge in [0.1, 0.15) is 29.8 Å². The van der Waals surface area contributed by atoms with E-state index in [1.165, 1.54) is 14.0 Å². The molecule has 3 fully saturated rings. The van der Waals surface area contributed by atoms with Crippen LogP contribution in [-0.2, 0) is 54.3 Å². The molecule has 0 amide bonds. The Balaban J connectivity index is 1.48. The van der Waals surface area contributed by atoms with Crippen LogP contribution in [-0.4, -0.2) is 119 Å². The second-order valence-corrected chi connectivity index (χ2v) is 17.5. The lowest BCUT2D eigenvalue weighted by Gasteiger charge is -2.47. The van der Waals surface area contributed by atoms with Crippen LogP contribution in [0.25, 0.3) is 11.4 Å². The maximum Gasteiger partial charge on any atom is 0.317 e. The number of esters is 2. The number of hydrogen-bond donors (Lipinski definition) is 2. The number of nitrogens with two attached hydrogens (primary N) is 1. The molecule has 2 aromatic rings. The number of aliphatic hydroxyl groups is 1. The van der Waals surface area contributed by atoms with E-state index in [0.29, 0.717) is 22.8 Å². The zero-order chi connectivity index (χ0) is 44.4. The van der Waals surface area contributed by atoms with Crippen LogP contribution >= 0.6 is 11.6 Å². The number of halogens is 1. The number of carbonyl (C=O) groups excluding carboxylic acids is 4. The van der Waals surface area contributed by atoms with Gasteiger partial charge in [0.05, 0.1) is 17.8 Å². The smallest absolute Gasteiger partial charge is 0.317 e. The lowest BCUT2D eigenvalue weighted by atomic mass is 9.67. The van der Waals surface area contributed by atoms with Gasteiger partial charge >= 0.3 is 11.9 Å². The normalized spacial score (nSPS) is 37.3. The zero-order valence-electron chi connectivity index (χ0n) is 36.2. The van der Waals surface area contributed by atoms with Crippen LogP contribution in [0.1, 0.15) is 80.5 Å². The first-order valence-corrected chi connectivity index (χ1v) is 20.8. The molecule has 14 atom stereocenters. The number of ketones is 2. The second-order valence-electron chi connectivity index (χ2n) is 17.1. The number of ether oxygens (including phenoxy) is 5. The molecule has 6 unspecified atom stereocenters. The van der Waals surface area contributed by atoms with Gasteiger partial charge in [0, 0.05) is 47.4 Å². The van der Waals surface area contributed by atoms with Crippen molar-refractivity contribution in [3.8, 4) is 11.4 Å². The van der Waals surface area contributed by atoms with E-state index >= 15 is 0 Å². The fraction of sp³-hybridized carbons (Fsp3) is 0.690. The van der Waals surface area contributed by atoms with Gasteiger partial charge in [-0.05, 0) is 85.3 Å². The number of likely N-dealkylation sites (N-methyl/N-ethyl adjacent to an activating group) is 1. The first kappa shape index (κ1) is 47.1. The molecule has 0 spiro atoms. The van der Waals surface area contributed by atoms with Crippen molar-refractivity contribution in [2.24, 2.45) is 46.4 Å². The van der Waals surface area contributed by atoms with E-state index in [4.69, 9.17) is 50.4 Å². The highest BCUT2D eigenvalue weighted by atomic mass is 35.5. The van der Waals surface area contributed by atoms with Gasteiger partial charge in [-0.25, -0.2) is 0 Å². The maximum absolute atomic E-state index is 14.7. The third kappa shape index (κ3) is 9.55. The van der Waals surface area contributed by atoms with Gasteiger partial charge in [0.15, 0.2) is 30.1 Å². The number of cyclic esters (lactones) is 1. The Morgan fingerprint density at radius 2 is 1.70 bits per heavy atom. The SMILES string of the molecule is CC[C@H]1OC(=O)[C@H](C)C(=O)[C@H](C)[C@@H](OC2OC(C)CC(N(C)C)C2O)[C@@](C)(OC)C[C@@H](C)C(=O)[C@H](C)C2C(/C(N)=N\OCc3nc(-c4ccc(Cl)cc4)no3)C(=O)O[C@@]21C. The Morgan fingerprint density at radius 3 is 2.32 bits per heavy atom. The fourth-order valence-corrected chi connectivity index (χ4v) is 9.32. The molecular formula is C42H60ClN5O12. The van der Waals surface area contributed by atoms with E-state index in [9.17, 15) is 24.3 Å². The summed E-state index contributed by atoms with van der Waals surface area (Å²) in [6.07, 6.45) is -4.03. The predicted octanol–water partition coefficient (Wildman–Crippen LogP) is 4.35. The first-order chi connectivity index (χ1) is 28.2. The van der Waals surface area contributed by atoms with Crippen molar-refractivity contribution < 1.29 is 57.3 Å². The number of amidine groups is 1. The highest BCUT2D eigenvalue weighted by molar-refractivity contribution is 6.30. The summed E-state index contributed by atoms with van der Waals surface area (Å²) in [6, 6.07) is 6.52. The molecule has 3 saturated heterocycles. The summed E-state index contributed by atoms with van der Waals surface area (Å²) in [6.45, 7) is 13.1. The van der Waals surface area contributed by atoms with Crippen molar-refractivity contribution in [3.63, 3.8) is 0 Å². The lowest BCUT2D eigenvalue weighted by Crippen LogP contribution is -2.59. The molecule has 1 aromatic heterocycles. The summed E-state index contributed by atoms with van der Waals surface area (Å²) in [5.41, 5.74) is 4.23. The topological polar surface area (TPSA) is 224 Å². The van der Waals surface area contributed by atoms with Crippen molar-refractivity contribution in [1.29, 1.82) is 0 Å². The van der Waals surface area contributed by atoms with E-state index in [1.54, 1.807) is 65.8 Å². The molecular weight excluding hydrogens is 802 g/mol. The Hall–Kier alpha value is -4.00. The third-order valence-electron chi connectivity index (χ3n) is 12.6. The molecule has 0 saturated carbocycles. The molecule has 1 aromatic carbocycles. The van der Waals surface area contributed by atoms with Gasteiger partial charge in [-0.2, -0.15) is 4.98 Å². The minimum atomic E-state index is -1.59. The predicted molar refractivity (Wildman–Crippen MR) is 217 cm³/mol. The number of oxime groups is 1. The Labute approximate surface area is 355 Å². The monoisotopic (exact) mass is 861 g/mol. The number of fused-ring (bicyclic) bond motifs is 1. The number of aliphatic hydroxyl groups excluding tert-OH is 1. The van der Waals surface area contributed by atoms with Gasteiger partial charge < -0.3 is 48.8 Å². The van der Waals surface area contributed by atoms with Crippen LogP contribution in [0.3, 0.4) is 0 Å². The number of carbonyl (C=O) groups is 4. The number of methoxy groups -OCH3 is 1. The fourth-order valence-electron chi connectivity index (χ4n) is 9.19. The molecule has 18 heteroatoms. The highest BCUT2D eigenvalue weighted by Crippen LogP contribution is 2.48. The zero-order valence-corrected chi connectivity index (χ0v) is 37.0. The van der Waals surface area contributed by atoms with Gasteiger partial charge in [-0.15, -0.1) is 0 Å². The number of aromatic nitrogens is 2. The van der Waals surface area contributed by atoms with Crippen molar-refractivity contribution in [3.05, 3.63) is 35.2 Å². The first-order valence-electron chi connectivity index (χ1n) is 20.4. The van der Waals surface area contributed by atoms with Crippen molar-refractivity contribution in [1.82, 2.24) is 15.0 Å². The van der Waals surface area contributed by atoms with Crippen LogP contribution < -0.4 is 5.73 Å². The van der Waals surface area contributed by atoms with E-state index in [1.807, 2.05) is 25.9 Å². The van der Waals surface area contributed by atoms with Crippen LogP contribution in [0, 0.1) is 35.5 Å². The summed E-state index contributed by atoms with van der Waals surface area (Å²) >= 11 is 5.99. The molecule has 5 rings (SSSR count). The van der Waals surface area contributed by atoms with Crippen LogP contribution in [0.5, 0.6) is 0 Å². The number of benzene rings is 1. The van der Waals surface area contributed by atoms with Crippen LogP contribution in [0.2, 0.25) is 5.02 Å². The minimum Gasteiger partial charge on any atom is -0.458 e. The van der Waals surface area contributed by atoms with E-state index < -0.39 is 89.0 Å². The number of hydrogen-bond acceptors (Lipinski definition) is 16. The third-order valence-corrected chi connectivity index (χ3v) is 12.9. The summed E-state index contributed by atoms with van der Waals surface area (Å²) in [5.74, 6) is -8.72. The van der Waals surface area contributed by atoms with Gasteiger partial charge in [-0.1, -0.05) is 49.6 Å². The van der Waals surface area contributed by atoms with E-state index in [2.05, 4.69) is 15.3 Å². The Kier molecular flexibility index (Phi) is 14.9. The van der Waals surface area contributed by atoms with Gasteiger partial charge in [-0.3, -0.25) is 19.2 Å². The average molecular weight is 862 g/mol. The number of rotatable bonds is 10. The maximum atomic E-state index is 14.7. The molecule has 3 aliphatic heterocycles. The number of Topliss-reactive ketones (excluding diaryl/α,β-unsaturated/α-hetero) is 2. The summed E-state index contributed by atoms with van der Waals surface area (Å²) < 4.78 is 36.3. The lowest BCUT2D eigenvalue weighted by molar-refractivity contribution is -0.295. The quantitative estimate of drug-likeness (QED) is 0.111. The standard InChI is InChI=1S/C42H60ClN5O12/c1-12-28-42(8)31(30(39(53)59-42)36(44)46-55-19-29-45-37(47-60-29)25-13-15-26(43)16-14-25)22(4)32(49)20(2)18-41(7,54-11)35(23(5)33(50)24(6)38(52)57-28)58-40-34(51)27(48(9)10)17-21(3)56-40/h13-16,20-24,27-28,30-31,34-35,40,51H,12,17-19H2,1-11H3,(H2,44,46)/t20-,21?,22-,23+,24-,27?,28-,30?,31?,34?,35-,40?,41+,42-/m1/s1. The highest BCUT2D eigenvalue weighted by Gasteiger charge is 2.62. The molecule has 3 N–H and O–H groups in total. The molecule has 3 aliphatic rings. The minimum absolute atomic E-state index is 0.0399. The van der Waals surface area contributed by atoms with E-state index in [0.717, 1.165) is 0 Å². The van der Waals surface area contributed by atoms with Crippen LogP contribution in [0.4, 0.5) is 0 Å².